The second kappa shape index (κ2) is 9.44. The van der Waals surface area contributed by atoms with Gasteiger partial charge in [0.25, 0.3) is 0 Å². The summed E-state index contributed by atoms with van der Waals surface area (Å²) in [7, 11) is 1.29. The minimum atomic E-state index is -0.703. The molecule has 0 bridgehead atoms. The Morgan fingerprint density at radius 3 is 2.57 bits per heavy atom. The molecule has 1 fully saturated rings. The number of anilines is 1. The summed E-state index contributed by atoms with van der Waals surface area (Å²) >= 11 is 2.38. The van der Waals surface area contributed by atoms with Crippen LogP contribution >= 0.6 is 23.1 Å². The van der Waals surface area contributed by atoms with E-state index in [1.54, 1.807) is 37.3 Å². The number of hydrogen-bond donors (Lipinski definition) is 0. The van der Waals surface area contributed by atoms with E-state index in [0.29, 0.717) is 21.9 Å². The third-order valence-corrected chi connectivity index (χ3v) is 7.00. The van der Waals surface area contributed by atoms with Gasteiger partial charge in [-0.3, -0.25) is 9.59 Å². The van der Waals surface area contributed by atoms with E-state index in [-0.39, 0.29) is 24.5 Å². The fourth-order valence-electron chi connectivity index (χ4n) is 3.04. The lowest BCUT2D eigenvalue weighted by atomic mass is 10.2. The van der Waals surface area contributed by atoms with Crippen molar-refractivity contribution in [2.75, 3.05) is 18.6 Å². The number of rotatable bonds is 7. The molecule has 0 N–H and O–H groups in total. The first kappa shape index (κ1) is 22.0. The number of thiophene rings is 1. The summed E-state index contributed by atoms with van der Waals surface area (Å²) in [5, 5.41) is -0.407. The Hall–Kier alpha value is -2.65. The number of benzene rings is 1. The largest absolute Gasteiger partial charge is 0.465 e. The SMILES string of the molecule is CCOC(=O)c1cc(CC)sc1N1C(=O)C[C@H](Sc2ccccc2C(=O)OC)C1=O. The van der Waals surface area contributed by atoms with Crippen LogP contribution in [-0.2, 0) is 25.5 Å². The number of carbonyl (C=O) groups is 4. The molecule has 0 unspecified atom stereocenters. The molecule has 0 radical (unpaired) electrons. The van der Waals surface area contributed by atoms with E-state index in [1.165, 1.54) is 18.4 Å². The van der Waals surface area contributed by atoms with Gasteiger partial charge in [-0.05, 0) is 31.5 Å². The predicted octanol–water partition coefficient (Wildman–Crippen LogP) is 3.70. The van der Waals surface area contributed by atoms with Gasteiger partial charge in [-0.15, -0.1) is 23.1 Å². The molecule has 158 valence electrons. The standard InChI is InChI=1S/C21H21NO6S2/c1-4-12-10-14(21(26)28-5-2)19(29-12)22-17(23)11-16(18(22)24)30-15-9-7-6-8-13(15)20(25)27-3/h6-10,16H,4-5,11H2,1-3H3/t16-/m0/s1. The molecule has 3 rings (SSSR count). The lowest BCUT2D eigenvalue weighted by Crippen LogP contribution is -2.31. The zero-order chi connectivity index (χ0) is 21.8. The molecule has 0 saturated carbocycles. The summed E-state index contributed by atoms with van der Waals surface area (Å²) in [6.07, 6.45) is 0.638. The maximum absolute atomic E-state index is 13.1. The van der Waals surface area contributed by atoms with Crippen molar-refractivity contribution in [2.45, 2.75) is 36.8 Å². The average Bonchev–Trinajstić information content (AvgIpc) is 3.28. The molecule has 1 atom stereocenters. The second-order valence-electron chi connectivity index (χ2n) is 6.37. The number of thioether (sulfide) groups is 1. The fourth-order valence-corrected chi connectivity index (χ4v) is 5.32. The van der Waals surface area contributed by atoms with Gasteiger partial charge < -0.3 is 9.47 Å². The maximum atomic E-state index is 13.1. The highest BCUT2D eigenvalue weighted by molar-refractivity contribution is 8.00. The summed E-state index contributed by atoms with van der Waals surface area (Å²) in [6.45, 7) is 3.82. The van der Waals surface area contributed by atoms with Crippen LogP contribution in [0, 0.1) is 0 Å². The van der Waals surface area contributed by atoms with Gasteiger partial charge in [-0.1, -0.05) is 19.1 Å². The molecule has 2 aromatic rings. The van der Waals surface area contributed by atoms with Crippen molar-refractivity contribution in [3.05, 3.63) is 46.3 Å². The van der Waals surface area contributed by atoms with E-state index in [2.05, 4.69) is 0 Å². The Morgan fingerprint density at radius 2 is 1.90 bits per heavy atom. The van der Waals surface area contributed by atoms with E-state index in [9.17, 15) is 19.2 Å². The van der Waals surface area contributed by atoms with Crippen LogP contribution in [0.1, 0.15) is 45.9 Å². The van der Waals surface area contributed by atoms with Gasteiger partial charge in [0.1, 0.15) is 5.00 Å². The molecular formula is C21H21NO6S2. The van der Waals surface area contributed by atoms with Gasteiger partial charge in [-0.25, -0.2) is 14.5 Å². The highest BCUT2D eigenvalue weighted by atomic mass is 32.2. The quantitative estimate of drug-likeness (QED) is 0.472. The normalized spacial score (nSPS) is 16.1. The number of ether oxygens (including phenoxy) is 2. The summed E-state index contributed by atoms with van der Waals surface area (Å²) in [4.78, 5) is 52.8. The second-order valence-corrected chi connectivity index (χ2v) is 8.73. The third kappa shape index (κ3) is 4.27. The molecule has 2 amide bonds. The van der Waals surface area contributed by atoms with Gasteiger partial charge in [0.05, 0.1) is 30.1 Å². The van der Waals surface area contributed by atoms with Gasteiger partial charge in [0.15, 0.2) is 0 Å². The molecular weight excluding hydrogens is 426 g/mol. The third-order valence-electron chi connectivity index (χ3n) is 4.48. The summed E-state index contributed by atoms with van der Waals surface area (Å²) in [5.41, 5.74) is 0.557. The van der Waals surface area contributed by atoms with Crippen molar-refractivity contribution in [1.82, 2.24) is 0 Å². The monoisotopic (exact) mass is 447 g/mol. The molecule has 1 aromatic heterocycles. The number of methoxy groups -OCH3 is 1. The molecule has 1 aliphatic rings. The molecule has 1 saturated heterocycles. The van der Waals surface area contributed by atoms with Gasteiger partial charge >= 0.3 is 11.9 Å². The van der Waals surface area contributed by atoms with Crippen LogP contribution in [-0.4, -0.2) is 42.7 Å². The highest BCUT2D eigenvalue weighted by Gasteiger charge is 2.43. The van der Waals surface area contributed by atoms with Crippen LogP contribution in [0.5, 0.6) is 0 Å². The minimum Gasteiger partial charge on any atom is -0.465 e. The van der Waals surface area contributed by atoms with Crippen LogP contribution in [0.15, 0.2) is 35.2 Å². The Kier molecular flexibility index (Phi) is 6.94. The molecule has 0 aliphatic carbocycles. The van der Waals surface area contributed by atoms with E-state index < -0.39 is 23.1 Å². The van der Waals surface area contributed by atoms with Crippen LogP contribution in [0.25, 0.3) is 0 Å². The predicted molar refractivity (Wildman–Crippen MR) is 114 cm³/mol. The van der Waals surface area contributed by atoms with Crippen molar-refractivity contribution in [2.24, 2.45) is 0 Å². The molecule has 0 spiro atoms. The highest BCUT2D eigenvalue weighted by Crippen LogP contribution is 2.40. The first-order chi connectivity index (χ1) is 14.4. The molecule has 1 aromatic carbocycles. The first-order valence-electron chi connectivity index (χ1n) is 9.41. The van der Waals surface area contributed by atoms with Crippen LogP contribution in [0.3, 0.4) is 0 Å². The zero-order valence-corrected chi connectivity index (χ0v) is 18.4. The Morgan fingerprint density at radius 1 is 1.17 bits per heavy atom. The van der Waals surface area contributed by atoms with Crippen molar-refractivity contribution in [3.8, 4) is 0 Å². The number of hydrogen-bond acceptors (Lipinski definition) is 8. The number of carbonyl (C=O) groups excluding carboxylic acids is 4. The number of amides is 2. The summed E-state index contributed by atoms with van der Waals surface area (Å²) in [5.74, 6) is -1.87. The average molecular weight is 448 g/mol. The van der Waals surface area contributed by atoms with Crippen LogP contribution < -0.4 is 4.90 Å². The van der Waals surface area contributed by atoms with Gasteiger partial charge in [0.2, 0.25) is 11.8 Å². The van der Waals surface area contributed by atoms with E-state index in [4.69, 9.17) is 9.47 Å². The van der Waals surface area contributed by atoms with Crippen molar-refractivity contribution in [3.63, 3.8) is 0 Å². The zero-order valence-electron chi connectivity index (χ0n) is 16.8. The van der Waals surface area contributed by atoms with E-state index in [1.807, 2.05) is 6.92 Å². The van der Waals surface area contributed by atoms with Crippen molar-refractivity contribution < 1.29 is 28.7 Å². The van der Waals surface area contributed by atoms with E-state index in [0.717, 1.165) is 21.5 Å². The fraction of sp³-hybridized carbons (Fsp3) is 0.333. The summed E-state index contributed by atoms with van der Waals surface area (Å²) < 4.78 is 9.89. The van der Waals surface area contributed by atoms with Gasteiger partial charge in [-0.2, -0.15) is 0 Å². The maximum Gasteiger partial charge on any atom is 0.341 e. The lowest BCUT2D eigenvalue weighted by Gasteiger charge is -2.15. The van der Waals surface area contributed by atoms with Crippen LogP contribution in [0.2, 0.25) is 0 Å². The minimum absolute atomic E-state index is 0.0272. The lowest BCUT2D eigenvalue weighted by molar-refractivity contribution is -0.121. The first-order valence-corrected chi connectivity index (χ1v) is 11.1. The molecule has 1 aliphatic heterocycles. The van der Waals surface area contributed by atoms with Crippen molar-refractivity contribution >= 4 is 51.9 Å². The molecule has 2 heterocycles. The summed E-state index contributed by atoms with van der Waals surface area (Å²) in [6, 6.07) is 8.44. The number of nitrogens with zero attached hydrogens (tertiary/aromatic N) is 1. The smallest absolute Gasteiger partial charge is 0.341 e. The Bertz CT molecular complexity index is 999. The van der Waals surface area contributed by atoms with Gasteiger partial charge in [0, 0.05) is 16.2 Å². The molecule has 7 nitrogen and oxygen atoms in total. The number of esters is 2. The topological polar surface area (TPSA) is 90.0 Å². The van der Waals surface area contributed by atoms with E-state index >= 15 is 0 Å². The molecule has 9 heteroatoms. The van der Waals surface area contributed by atoms with Crippen LogP contribution in [0.4, 0.5) is 5.00 Å². The Balaban J connectivity index is 1.91. The Labute approximate surface area is 182 Å². The van der Waals surface area contributed by atoms with Crippen molar-refractivity contribution in [1.29, 1.82) is 0 Å². The molecule has 30 heavy (non-hydrogen) atoms. The number of imide groups is 1. The number of aryl methyl sites for hydroxylation is 1.